The van der Waals surface area contributed by atoms with E-state index in [0.29, 0.717) is 0 Å². The van der Waals surface area contributed by atoms with Crippen LogP contribution in [0.5, 0.6) is 0 Å². The summed E-state index contributed by atoms with van der Waals surface area (Å²) >= 11 is 0. The molecule has 0 fully saturated rings. The highest BCUT2D eigenvalue weighted by Gasteiger charge is 2.04. The molecule has 82 valence electrons. The van der Waals surface area contributed by atoms with Gasteiger partial charge in [0, 0.05) is 11.8 Å². The van der Waals surface area contributed by atoms with Gasteiger partial charge in [-0.2, -0.15) is 0 Å². The van der Waals surface area contributed by atoms with E-state index in [1.807, 2.05) is 19.2 Å². The summed E-state index contributed by atoms with van der Waals surface area (Å²) in [6.07, 6.45) is 1.88. The van der Waals surface area contributed by atoms with Crippen LogP contribution >= 0.6 is 0 Å². The Morgan fingerprint density at radius 3 is 2.44 bits per heavy atom. The number of hydrogen-bond donors (Lipinski definition) is 1. The van der Waals surface area contributed by atoms with Crippen LogP contribution in [0.1, 0.15) is 16.8 Å². The lowest BCUT2D eigenvalue weighted by atomic mass is 9.99. The van der Waals surface area contributed by atoms with Crippen LogP contribution in [-0.2, 0) is 0 Å². The molecule has 0 saturated carbocycles. The van der Waals surface area contributed by atoms with Gasteiger partial charge in [0.15, 0.2) is 0 Å². The van der Waals surface area contributed by atoms with Crippen LogP contribution < -0.4 is 5.73 Å². The summed E-state index contributed by atoms with van der Waals surface area (Å²) in [5.74, 6) is 0. The molecule has 1 heterocycles. The molecule has 0 radical (unpaired) electrons. The van der Waals surface area contributed by atoms with Gasteiger partial charge in [-0.25, -0.2) is 0 Å². The van der Waals surface area contributed by atoms with E-state index >= 15 is 0 Å². The summed E-state index contributed by atoms with van der Waals surface area (Å²) < 4.78 is 0. The number of pyridine rings is 1. The van der Waals surface area contributed by atoms with Crippen molar-refractivity contribution in [1.82, 2.24) is 4.98 Å². The summed E-state index contributed by atoms with van der Waals surface area (Å²) in [5, 5.41) is 0. The summed E-state index contributed by atoms with van der Waals surface area (Å²) in [6.45, 7) is 6.12. The number of aromatic nitrogens is 1. The van der Waals surface area contributed by atoms with Crippen molar-refractivity contribution in [2.24, 2.45) is 0 Å². The second kappa shape index (κ2) is 3.97. The van der Waals surface area contributed by atoms with Crippen molar-refractivity contribution in [3.63, 3.8) is 0 Å². The van der Waals surface area contributed by atoms with Gasteiger partial charge in [0.2, 0.25) is 0 Å². The van der Waals surface area contributed by atoms with Gasteiger partial charge in [-0.1, -0.05) is 23.8 Å². The summed E-state index contributed by atoms with van der Waals surface area (Å²) in [6, 6.07) is 8.39. The van der Waals surface area contributed by atoms with Crippen molar-refractivity contribution in [2.75, 3.05) is 5.73 Å². The molecule has 2 N–H and O–H groups in total. The Morgan fingerprint density at radius 2 is 1.81 bits per heavy atom. The molecule has 0 aliphatic rings. The number of rotatable bonds is 1. The van der Waals surface area contributed by atoms with Crippen LogP contribution in [0.3, 0.4) is 0 Å². The van der Waals surface area contributed by atoms with Crippen molar-refractivity contribution in [2.45, 2.75) is 20.8 Å². The third-order valence-corrected chi connectivity index (χ3v) is 2.82. The minimum absolute atomic E-state index is 0.748. The van der Waals surface area contributed by atoms with Crippen LogP contribution in [0.15, 0.2) is 30.5 Å². The maximum absolute atomic E-state index is 5.88. The molecule has 0 saturated heterocycles. The molecule has 0 spiro atoms. The third-order valence-electron chi connectivity index (χ3n) is 2.82. The standard InChI is InChI=1S/C14H16N2/c1-9-4-5-13(10(2)6-9)12-7-14(15)11(3)16-8-12/h4-8H,15H2,1-3H3. The topological polar surface area (TPSA) is 38.9 Å². The molecule has 2 aromatic rings. The third kappa shape index (κ3) is 1.91. The highest BCUT2D eigenvalue weighted by molar-refractivity contribution is 5.70. The first-order valence-electron chi connectivity index (χ1n) is 5.37. The van der Waals surface area contributed by atoms with E-state index < -0.39 is 0 Å². The van der Waals surface area contributed by atoms with Crippen molar-refractivity contribution < 1.29 is 0 Å². The number of benzene rings is 1. The van der Waals surface area contributed by atoms with Crippen molar-refractivity contribution in [3.05, 3.63) is 47.3 Å². The molecule has 0 amide bonds. The summed E-state index contributed by atoms with van der Waals surface area (Å²) in [5.41, 5.74) is 12.3. The molecule has 0 bridgehead atoms. The average Bonchev–Trinajstić information content (AvgIpc) is 2.22. The zero-order valence-corrected chi connectivity index (χ0v) is 9.91. The molecule has 0 aliphatic carbocycles. The van der Waals surface area contributed by atoms with Gasteiger partial charge < -0.3 is 5.73 Å². The molecule has 0 aliphatic heterocycles. The molecule has 0 unspecified atom stereocenters. The highest BCUT2D eigenvalue weighted by Crippen LogP contribution is 2.25. The fourth-order valence-electron chi connectivity index (χ4n) is 1.83. The highest BCUT2D eigenvalue weighted by atomic mass is 14.7. The Morgan fingerprint density at radius 1 is 1.06 bits per heavy atom. The molecular formula is C14H16N2. The summed E-state index contributed by atoms with van der Waals surface area (Å²) in [4.78, 5) is 4.29. The predicted molar refractivity (Wildman–Crippen MR) is 68.3 cm³/mol. The van der Waals surface area contributed by atoms with E-state index in [2.05, 4.69) is 37.0 Å². The largest absolute Gasteiger partial charge is 0.397 e. The van der Waals surface area contributed by atoms with Gasteiger partial charge in [0.25, 0.3) is 0 Å². The number of anilines is 1. The van der Waals surface area contributed by atoms with Crippen LogP contribution in [0.4, 0.5) is 5.69 Å². The van der Waals surface area contributed by atoms with Crippen LogP contribution in [0, 0.1) is 20.8 Å². The van der Waals surface area contributed by atoms with E-state index in [4.69, 9.17) is 5.73 Å². The first-order chi connectivity index (χ1) is 7.58. The molecular weight excluding hydrogens is 196 g/mol. The number of hydrogen-bond acceptors (Lipinski definition) is 2. The van der Waals surface area contributed by atoms with E-state index in [1.165, 1.54) is 16.7 Å². The molecule has 16 heavy (non-hydrogen) atoms. The molecule has 2 rings (SSSR count). The maximum atomic E-state index is 5.88. The Labute approximate surface area is 96.1 Å². The van der Waals surface area contributed by atoms with Crippen LogP contribution in [-0.4, -0.2) is 4.98 Å². The van der Waals surface area contributed by atoms with Crippen LogP contribution in [0.25, 0.3) is 11.1 Å². The average molecular weight is 212 g/mol. The molecule has 2 heteroatoms. The monoisotopic (exact) mass is 212 g/mol. The molecule has 0 atom stereocenters. The van der Waals surface area contributed by atoms with Crippen molar-refractivity contribution in [1.29, 1.82) is 0 Å². The first kappa shape index (κ1) is 10.7. The zero-order valence-electron chi connectivity index (χ0n) is 9.91. The lowest BCUT2D eigenvalue weighted by Crippen LogP contribution is -1.94. The number of nitrogen functional groups attached to an aromatic ring is 1. The SMILES string of the molecule is Cc1ccc(-c2cnc(C)c(N)c2)c(C)c1. The fraction of sp³-hybridized carbons (Fsp3) is 0.214. The Hall–Kier alpha value is -1.83. The summed E-state index contributed by atoms with van der Waals surface area (Å²) in [7, 11) is 0. The van der Waals surface area contributed by atoms with Gasteiger partial charge in [-0.05, 0) is 38.0 Å². The number of nitrogens with zero attached hydrogens (tertiary/aromatic N) is 1. The lowest BCUT2D eigenvalue weighted by Gasteiger charge is -2.08. The Balaban J connectivity index is 2.54. The lowest BCUT2D eigenvalue weighted by molar-refractivity contribution is 1.21. The quantitative estimate of drug-likeness (QED) is 0.788. The fourth-order valence-corrected chi connectivity index (χ4v) is 1.83. The Kier molecular flexibility index (Phi) is 2.65. The van der Waals surface area contributed by atoms with E-state index in [-0.39, 0.29) is 0 Å². The zero-order chi connectivity index (χ0) is 11.7. The minimum Gasteiger partial charge on any atom is -0.397 e. The second-order valence-corrected chi connectivity index (χ2v) is 4.22. The van der Waals surface area contributed by atoms with Crippen LogP contribution in [0.2, 0.25) is 0 Å². The smallest absolute Gasteiger partial charge is 0.0602 e. The second-order valence-electron chi connectivity index (χ2n) is 4.22. The van der Waals surface area contributed by atoms with E-state index in [9.17, 15) is 0 Å². The number of aryl methyl sites for hydroxylation is 3. The van der Waals surface area contributed by atoms with Crippen molar-refractivity contribution >= 4 is 5.69 Å². The van der Waals surface area contributed by atoms with E-state index in [0.717, 1.165) is 16.9 Å². The number of nitrogens with two attached hydrogens (primary N) is 1. The Bertz CT molecular complexity index is 530. The first-order valence-corrected chi connectivity index (χ1v) is 5.37. The predicted octanol–water partition coefficient (Wildman–Crippen LogP) is 3.26. The van der Waals surface area contributed by atoms with Gasteiger partial charge in [-0.3, -0.25) is 4.98 Å². The minimum atomic E-state index is 0.748. The van der Waals surface area contributed by atoms with Gasteiger partial charge in [0.05, 0.1) is 11.4 Å². The normalized spacial score (nSPS) is 10.4. The van der Waals surface area contributed by atoms with Gasteiger partial charge in [0.1, 0.15) is 0 Å². The van der Waals surface area contributed by atoms with E-state index in [1.54, 1.807) is 0 Å². The maximum Gasteiger partial charge on any atom is 0.0602 e. The van der Waals surface area contributed by atoms with Gasteiger partial charge in [-0.15, -0.1) is 0 Å². The molecule has 2 nitrogen and oxygen atoms in total. The molecule has 1 aromatic heterocycles. The van der Waals surface area contributed by atoms with Crippen molar-refractivity contribution in [3.8, 4) is 11.1 Å². The molecule has 1 aromatic carbocycles. The van der Waals surface area contributed by atoms with Gasteiger partial charge >= 0.3 is 0 Å².